The van der Waals surface area contributed by atoms with Crippen LogP contribution in [0.3, 0.4) is 0 Å². The highest BCUT2D eigenvalue weighted by Crippen LogP contribution is 2.49. The Kier molecular flexibility index (Phi) is 7.33. The van der Waals surface area contributed by atoms with E-state index >= 15 is 0 Å². The van der Waals surface area contributed by atoms with Gasteiger partial charge in [-0.25, -0.2) is 0 Å². The van der Waals surface area contributed by atoms with E-state index in [9.17, 15) is 10.2 Å². The molecule has 1 saturated heterocycles. The fourth-order valence-electron chi connectivity index (χ4n) is 6.54. The summed E-state index contributed by atoms with van der Waals surface area (Å²) in [6, 6.07) is 25.0. The average molecular weight is 488 g/mol. The number of hydrogen-bond acceptors (Lipinski definition) is 5. The van der Waals surface area contributed by atoms with Crippen LogP contribution in [0.1, 0.15) is 54.9 Å². The number of ether oxygens (including phenoxy) is 2. The second-order valence-corrected chi connectivity index (χ2v) is 10.2. The van der Waals surface area contributed by atoms with Gasteiger partial charge in [-0.2, -0.15) is 0 Å². The van der Waals surface area contributed by atoms with Crippen LogP contribution in [0.5, 0.6) is 11.5 Å². The molecule has 36 heavy (non-hydrogen) atoms. The van der Waals surface area contributed by atoms with Gasteiger partial charge in [0.2, 0.25) is 0 Å². The van der Waals surface area contributed by atoms with Crippen LogP contribution in [0.4, 0.5) is 0 Å². The molecule has 0 spiro atoms. The van der Waals surface area contributed by atoms with Gasteiger partial charge in [0.1, 0.15) is 11.5 Å². The Morgan fingerprint density at radius 1 is 0.806 bits per heavy atom. The van der Waals surface area contributed by atoms with Gasteiger partial charge in [0.15, 0.2) is 5.72 Å². The number of methoxy groups -OCH3 is 2. The number of rotatable bonds is 7. The van der Waals surface area contributed by atoms with Gasteiger partial charge in [-0.3, -0.25) is 4.90 Å². The Balaban J connectivity index is 1.69. The number of likely N-dealkylation sites (tertiary alicyclic amines) is 1. The monoisotopic (exact) mass is 487 g/mol. The third kappa shape index (κ3) is 4.52. The number of benzene rings is 3. The maximum Gasteiger partial charge on any atom is 0.171 e. The molecule has 0 aromatic heterocycles. The van der Waals surface area contributed by atoms with Crippen LogP contribution in [0.25, 0.3) is 0 Å². The number of hydrogen-bond donors (Lipinski definition) is 2. The molecule has 2 aliphatic rings. The molecule has 1 saturated carbocycles. The lowest BCUT2D eigenvalue weighted by Gasteiger charge is -2.55. The lowest BCUT2D eigenvalue weighted by molar-refractivity contribution is -0.170. The fourth-order valence-corrected chi connectivity index (χ4v) is 6.54. The molecule has 3 aromatic rings. The highest BCUT2D eigenvalue weighted by Gasteiger charge is 2.51. The summed E-state index contributed by atoms with van der Waals surface area (Å²) >= 11 is 0. The third-order valence-corrected chi connectivity index (χ3v) is 8.32. The lowest BCUT2D eigenvalue weighted by Crippen LogP contribution is -2.61. The van der Waals surface area contributed by atoms with E-state index in [4.69, 9.17) is 9.47 Å². The van der Waals surface area contributed by atoms with E-state index in [-0.39, 0.29) is 6.04 Å². The number of aliphatic hydroxyl groups is 2. The molecule has 5 nitrogen and oxygen atoms in total. The summed E-state index contributed by atoms with van der Waals surface area (Å²) in [6.45, 7) is 0.681. The van der Waals surface area contributed by atoms with Crippen LogP contribution < -0.4 is 9.47 Å². The van der Waals surface area contributed by atoms with Crippen LogP contribution >= 0.6 is 0 Å². The minimum atomic E-state index is -1.48. The van der Waals surface area contributed by atoms with Crippen LogP contribution in [0, 0.1) is 11.8 Å². The molecule has 0 bridgehead atoms. The van der Waals surface area contributed by atoms with Gasteiger partial charge in [-0.15, -0.1) is 0 Å². The van der Waals surface area contributed by atoms with E-state index < -0.39 is 11.8 Å². The standard InChI is InChI=1S/C31H37NO4/c1-35-26-19-25(20-27(21-26)36-2)31(34,24-14-7-4-8-15-24)32-18-17-22-11-9-10-16-28(22)29(32)30(33)23-12-5-3-6-13-23/h3-8,12-15,19-22,28-30,33-34H,9-11,16-18H2,1-2H3. The first kappa shape index (κ1) is 24.8. The molecule has 1 aliphatic heterocycles. The second-order valence-electron chi connectivity index (χ2n) is 10.2. The van der Waals surface area contributed by atoms with E-state index in [1.54, 1.807) is 14.2 Å². The summed E-state index contributed by atoms with van der Waals surface area (Å²) in [7, 11) is 3.24. The van der Waals surface area contributed by atoms with Gasteiger partial charge in [-0.05, 0) is 42.4 Å². The normalized spacial score (nSPS) is 24.8. The summed E-state index contributed by atoms with van der Waals surface area (Å²) in [5.74, 6) is 2.08. The maximum atomic E-state index is 12.9. The molecule has 2 fully saturated rings. The molecule has 1 aliphatic carbocycles. The first-order valence-electron chi connectivity index (χ1n) is 13.1. The fraction of sp³-hybridized carbons (Fsp3) is 0.419. The van der Waals surface area contributed by atoms with E-state index in [1.165, 1.54) is 12.8 Å². The molecule has 5 heteroatoms. The van der Waals surface area contributed by atoms with Crippen molar-refractivity contribution in [1.82, 2.24) is 4.90 Å². The summed E-state index contributed by atoms with van der Waals surface area (Å²) in [5.41, 5.74) is 0.841. The SMILES string of the molecule is COc1cc(OC)cc(C(O)(c2ccccc2)N2CCC3CCCCC3C2C(O)c2ccccc2)c1. The average Bonchev–Trinajstić information content (AvgIpc) is 2.96. The van der Waals surface area contributed by atoms with Gasteiger partial charge in [-0.1, -0.05) is 79.9 Å². The van der Waals surface area contributed by atoms with E-state index in [2.05, 4.69) is 4.90 Å². The van der Waals surface area contributed by atoms with E-state index in [1.807, 2.05) is 78.9 Å². The summed E-state index contributed by atoms with van der Waals surface area (Å²) < 4.78 is 11.2. The van der Waals surface area contributed by atoms with Crippen LogP contribution in [0.2, 0.25) is 0 Å². The Bertz CT molecular complexity index is 1120. The lowest BCUT2D eigenvalue weighted by atomic mass is 9.67. The Labute approximate surface area is 214 Å². The molecule has 2 N–H and O–H groups in total. The van der Waals surface area contributed by atoms with Crippen molar-refractivity contribution in [1.29, 1.82) is 0 Å². The Hall–Kier alpha value is -2.86. The van der Waals surface area contributed by atoms with Gasteiger partial charge in [0.25, 0.3) is 0 Å². The van der Waals surface area contributed by atoms with Gasteiger partial charge in [0.05, 0.1) is 20.3 Å². The van der Waals surface area contributed by atoms with Crippen molar-refractivity contribution in [2.24, 2.45) is 11.8 Å². The van der Waals surface area contributed by atoms with Crippen molar-refractivity contribution in [3.05, 3.63) is 95.6 Å². The minimum absolute atomic E-state index is 0.242. The first-order chi connectivity index (χ1) is 17.6. The van der Waals surface area contributed by atoms with Crippen molar-refractivity contribution >= 4 is 0 Å². The van der Waals surface area contributed by atoms with E-state index in [0.29, 0.717) is 35.4 Å². The maximum absolute atomic E-state index is 12.9. The van der Waals surface area contributed by atoms with Crippen LogP contribution in [0.15, 0.2) is 78.9 Å². The smallest absolute Gasteiger partial charge is 0.171 e. The predicted octanol–water partition coefficient (Wildman–Crippen LogP) is 5.51. The largest absolute Gasteiger partial charge is 0.497 e. The Morgan fingerprint density at radius 2 is 1.42 bits per heavy atom. The molecular weight excluding hydrogens is 450 g/mol. The van der Waals surface area contributed by atoms with E-state index in [0.717, 1.165) is 30.4 Å². The minimum Gasteiger partial charge on any atom is -0.497 e. The van der Waals surface area contributed by atoms with Gasteiger partial charge in [0, 0.05) is 29.8 Å². The summed E-state index contributed by atoms with van der Waals surface area (Å²) in [5, 5.41) is 24.8. The van der Waals surface area contributed by atoms with Gasteiger partial charge >= 0.3 is 0 Å². The zero-order valence-corrected chi connectivity index (χ0v) is 21.2. The molecule has 0 radical (unpaired) electrons. The third-order valence-electron chi connectivity index (χ3n) is 8.32. The van der Waals surface area contributed by atoms with Crippen molar-refractivity contribution in [3.63, 3.8) is 0 Å². The number of fused-ring (bicyclic) bond motifs is 1. The van der Waals surface area contributed by atoms with Gasteiger partial charge < -0.3 is 19.7 Å². The summed E-state index contributed by atoms with van der Waals surface area (Å²) in [6.07, 6.45) is 4.92. The molecule has 5 rings (SSSR count). The highest BCUT2D eigenvalue weighted by molar-refractivity contribution is 5.45. The topological polar surface area (TPSA) is 62.2 Å². The van der Waals surface area contributed by atoms with Crippen molar-refractivity contribution in [2.75, 3.05) is 20.8 Å². The molecule has 3 aromatic carbocycles. The van der Waals surface area contributed by atoms with Crippen LogP contribution in [-0.4, -0.2) is 41.9 Å². The summed E-state index contributed by atoms with van der Waals surface area (Å²) in [4.78, 5) is 2.15. The van der Waals surface area contributed by atoms with Crippen molar-refractivity contribution in [2.45, 2.75) is 50.0 Å². The highest BCUT2D eigenvalue weighted by atomic mass is 16.5. The molecule has 190 valence electrons. The molecular formula is C31H37NO4. The zero-order valence-electron chi connectivity index (χ0n) is 21.2. The quantitative estimate of drug-likeness (QED) is 0.460. The molecule has 1 heterocycles. The van der Waals surface area contributed by atoms with Crippen molar-refractivity contribution < 1.29 is 19.7 Å². The number of nitrogens with zero attached hydrogens (tertiary/aromatic N) is 1. The molecule has 0 amide bonds. The molecule has 5 atom stereocenters. The van der Waals surface area contributed by atoms with Crippen LogP contribution in [-0.2, 0) is 5.72 Å². The van der Waals surface area contributed by atoms with Crippen molar-refractivity contribution in [3.8, 4) is 11.5 Å². The predicted molar refractivity (Wildman–Crippen MR) is 141 cm³/mol. The number of aliphatic hydroxyl groups excluding tert-OH is 1. The molecule has 5 unspecified atom stereocenters. The second kappa shape index (κ2) is 10.6. The number of piperidine rings is 1. The zero-order chi connectivity index (χ0) is 25.1. The Morgan fingerprint density at radius 3 is 2.06 bits per heavy atom. The first-order valence-corrected chi connectivity index (χ1v) is 13.1.